The normalized spacial score (nSPS) is 26.5. The Labute approximate surface area is 141 Å². The molecule has 2 aliphatic carbocycles. The van der Waals surface area contributed by atoms with Crippen molar-refractivity contribution in [2.75, 3.05) is 13.1 Å². The molecule has 0 unspecified atom stereocenters. The van der Waals surface area contributed by atoms with E-state index in [-0.39, 0.29) is 5.91 Å². The lowest BCUT2D eigenvalue weighted by atomic mass is 9.95. The number of nitriles is 1. The molecule has 1 aromatic rings. The van der Waals surface area contributed by atoms with Crippen molar-refractivity contribution < 1.29 is 4.79 Å². The first-order valence-corrected chi connectivity index (χ1v) is 9.61. The first-order valence-electron chi connectivity index (χ1n) is 8.73. The van der Waals surface area contributed by atoms with Crippen LogP contribution in [-0.4, -0.2) is 29.4 Å². The molecule has 1 N–H and O–H groups in total. The van der Waals surface area contributed by atoms with E-state index in [1.54, 1.807) is 0 Å². The number of amides is 1. The van der Waals surface area contributed by atoms with E-state index in [4.69, 9.17) is 0 Å². The number of carbonyl (C=O) groups is 1. The maximum absolute atomic E-state index is 12.6. The number of nitrogens with zero attached hydrogens (tertiary/aromatic N) is 2. The third-order valence-electron chi connectivity index (χ3n) is 5.58. The topological polar surface area (TPSA) is 56.1 Å². The van der Waals surface area contributed by atoms with Gasteiger partial charge in [0.05, 0.1) is 12.6 Å². The minimum absolute atomic E-state index is 0.0257. The van der Waals surface area contributed by atoms with E-state index in [9.17, 15) is 10.1 Å². The van der Waals surface area contributed by atoms with Crippen LogP contribution in [0.25, 0.3) is 0 Å². The van der Waals surface area contributed by atoms with Gasteiger partial charge in [-0.15, -0.1) is 11.3 Å². The lowest BCUT2D eigenvalue weighted by Gasteiger charge is -2.36. The highest BCUT2D eigenvalue weighted by atomic mass is 32.1. The Balaban J connectivity index is 1.46. The lowest BCUT2D eigenvalue weighted by molar-refractivity contribution is -0.124. The Morgan fingerprint density at radius 2 is 2.22 bits per heavy atom. The molecule has 1 aromatic heterocycles. The van der Waals surface area contributed by atoms with Gasteiger partial charge >= 0.3 is 0 Å². The second-order valence-electron chi connectivity index (χ2n) is 7.25. The zero-order valence-corrected chi connectivity index (χ0v) is 14.2. The molecule has 0 saturated heterocycles. The monoisotopic (exact) mass is 329 g/mol. The number of thiophene rings is 1. The summed E-state index contributed by atoms with van der Waals surface area (Å²) in [5.41, 5.74) is 0.850. The van der Waals surface area contributed by atoms with Crippen molar-refractivity contribution in [3.8, 4) is 6.07 Å². The van der Waals surface area contributed by atoms with Gasteiger partial charge < -0.3 is 5.32 Å². The summed E-state index contributed by atoms with van der Waals surface area (Å²) in [6, 6.07) is 5.02. The highest BCUT2D eigenvalue weighted by molar-refractivity contribution is 7.10. The van der Waals surface area contributed by atoms with Gasteiger partial charge in [-0.1, -0.05) is 0 Å². The summed E-state index contributed by atoms with van der Waals surface area (Å²) in [5, 5.41) is 14.7. The maximum atomic E-state index is 12.6. The average molecular weight is 329 g/mol. The molecule has 0 bridgehead atoms. The maximum Gasteiger partial charge on any atom is 0.235 e. The number of rotatable bonds is 4. The molecule has 122 valence electrons. The minimum atomic E-state index is -0.602. The first-order chi connectivity index (χ1) is 11.2. The highest BCUT2D eigenvalue weighted by Gasteiger charge is 2.41. The Kier molecular flexibility index (Phi) is 3.90. The van der Waals surface area contributed by atoms with Crippen molar-refractivity contribution in [3.05, 3.63) is 21.9 Å². The van der Waals surface area contributed by atoms with Gasteiger partial charge in [-0.05, 0) is 67.9 Å². The molecule has 0 aromatic carbocycles. The summed E-state index contributed by atoms with van der Waals surface area (Å²) in [4.78, 5) is 16.4. The van der Waals surface area contributed by atoms with Gasteiger partial charge in [0.2, 0.25) is 5.91 Å². The third-order valence-corrected chi connectivity index (χ3v) is 6.58. The third kappa shape index (κ3) is 2.90. The van der Waals surface area contributed by atoms with Crippen LogP contribution in [0.5, 0.6) is 0 Å². The van der Waals surface area contributed by atoms with Gasteiger partial charge in [0.25, 0.3) is 0 Å². The van der Waals surface area contributed by atoms with Crippen molar-refractivity contribution in [1.29, 1.82) is 5.26 Å². The minimum Gasteiger partial charge on any atom is -0.337 e. The molecule has 2 saturated carbocycles. The van der Waals surface area contributed by atoms with Crippen LogP contribution in [0.15, 0.2) is 11.4 Å². The molecule has 0 spiro atoms. The standard InChI is InChI=1S/C18H23N3OS/c19-12-18(7-1-2-8-18)20-16(22)11-21-9-5-15-14(6-10-23-15)17(21)13-3-4-13/h6,10,13,17H,1-5,7-9,11H2,(H,20,22)/t17-/m0/s1. The van der Waals surface area contributed by atoms with Crippen molar-refractivity contribution in [2.45, 2.75) is 56.5 Å². The van der Waals surface area contributed by atoms with Crippen LogP contribution >= 0.6 is 11.3 Å². The smallest absolute Gasteiger partial charge is 0.235 e. The fourth-order valence-corrected chi connectivity index (χ4v) is 5.19. The number of fused-ring (bicyclic) bond motifs is 1. The zero-order valence-electron chi connectivity index (χ0n) is 13.4. The zero-order chi connectivity index (χ0) is 15.9. The second-order valence-corrected chi connectivity index (χ2v) is 8.25. The Morgan fingerprint density at radius 3 is 2.91 bits per heavy atom. The Hall–Kier alpha value is -1.38. The van der Waals surface area contributed by atoms with Crippen LogP contribution in [0.1, 0.15) is 55.0 Å². The number of carbonyl (C=O) groups excluding carboxylic acids is 1. The summed E-state index contributed by atoms with van der Waals surface area (Å²) < 4.78 is 0. The molecular weight excluding hydrogens is 306 g/mol. The summed E-state index contributed by atoms with van der Waals surface area (Å²) in [5.74, 6) is 0.741. The van der Waals surface area contributed by atoms with Crippen LogP contribution in [0.2, 0.25) is 0 Å². The highest BCUT2D eigenvalue weighted by Crippen LogP contribution is 2.48. The first kappa shape index (κ1) is 15.2. The Bertz CT molecular complexity index is 637. The SMILES string of the molecule is N#CC1(NC(=O)CN2CCc3sccc3[C@@H]2C2CC2)CCCC1. The summed E-state index contributed by atoms with van der Waals surface area (Å²) in [6.45, 7) is 1.39. The Morgan fingerprint density at radius 1 is 1.43 bits per heavy atom. The van der Waals surface area contributed by atoms with Gasteiger partial charge in [-0.2, -0.15) is 5.26 Å². The largest absolute Gasteiger partial charge is 0.337 e. The fourth-order valence-electron chi connectivity index (χ4n) is 4.27. The molecule has 2 fully saturated rings. The summed E-state index contributed by atoms with van der Waals surface area (Å²) in [7, 11) is 0. The molecular formula is C18H23N3OS. The van der Waals surface area contributed by atoms with Crippen LogP contribution in [0.4, 0.5) is 0 Å². The lowest BCUT2D eigenvalue weighted by Crippen LogP contribution is -2.50. The predicted molar refractivity (Wildman–Crippen MR) is 90.0 cm³/mol. The molecule has 5 heteroatoms. The van der Waals surface area contributed by atoms with E-state index in [1.165, 1.54) is 23.3 Å². The predicted octanol–water partition coefficient (Wildman–Crippen LogP) is 3.01. The van der Waals surface area contributed by atoms with Gasteiger partial charge in [0, 0.05) is 17.5 Å². The fraction of sp³-hybridized carbons (Fsp3) is 0.667. The van der Waals surface area contributed by atoms with E-state index in [0.29, 0.717) is 18.5 Å². The molecule has 23 heavy (non-hydrogen) atoms. The van der Waals surface area contributed by atoms with E-state index in [2.05, 4.69) is 27.7 Å². The number of hydrogen-bond donors (Lipinski definition) is 1. The van der Waals surface area contributed by atoms with Crippen molar-refractivity contribution >= 4 is 17.2 Å². The van der Waals surface area contributed by atoms with Crippen LogP contribution < -0.4 is 5.32 Å². The van der Waals surface area contributed by atoms with Crippen LogP contribution in [0, 0.1) is 17.2 Å². The quantitative estimate of drug-likeness (QED) is 0.924. The molecule has 1 atom stereocenters. The molecule has 4 rings (SSSR count). The van der Waals surface area contributed by atoms with Crippen LogP contribution in [0.3, 0.4) is 0 Å². The average Bonchev–Trinajstić information content (AvgIpc) is 3.08. The van der Waals surface area contributed by atoms with E-state index >= 15 is 0 Å². The molecule has 1 aliphatic heterocycles. The number of hydrogen-bond acceptors (Lipinski definition) is 4. The summed E-state index contributed by atoms with van der Waals surface area (Å²) >= 11 is 1.85. The van der Waals surface area contributed by atoms with Crippen molar-refractivity contribution in [1.82, 2.24) is 10.2 Å². The van der Waals surface area contributed by atoms with Gasteiger partial charge in [0.1, 0.15) is 5.54 Å². The van der Waals surface area contributed by atoms with E-state index in [0.717, 1.165) is 38.6 Å². The number of nitrogens with one attached hydrogen (secondary N) is 1. The summed E-state index contributed by atoms with van der Waals surface area (Å²) in [6.07, 6.45) is 7.29. The van der Waals surface area contributed by atoms with Crippen LogP contribution in [-0.2, 0) is 11.2 Å². The van der Waals surface area contributed by atoms with Gasteiger partial charge in [-0.3, -0.25) is 9.69 Å². The van der Waals surface area contributed by atoms with E-state index in [1.807, 2.05) is 11.3 Å². The second kappa shape index (κ2) is 5.92. The van der Waals surface area contributed by atoms with Gasteiger partial charge in [0.15, 0.2) is 0 Å². The van der Waals surface area contributed by atoms with Gasteiger partial charge in [-0.25, -0.2) is 0 Å². The molecule has 0 radical (unpaired) electrons. The molecule has 3 aliphatic rings. The van der Waals surface area contributed by atoms with Crippen molar-refractivity contribution in [2.24, 2.45) is 5.92 Å². The van der Waals surface area contributed by atoms with Crippen molar-refractivity contribution in [3.63, 3.8) is 0 Å². The molecule has 4 nitrogen and oxygen atoms in total. The van der Waals surface area contributed by atoms with E-state index < -0.39 is 5.54 Å². The molecule has 1 amide bonds. The molecule has 2 heterocycles.